The maximum atomic E-state index is 12.7. The number of benzene rings is 1. The zero-order chi connectivity index (χ0) is 13.1. The number of carbonyl (C=O) groups excluding carboxylic acids is 1. The van der Waals surface area contributed by atoms with Gasteiger partial charge in [-0.3, -0.25) is 4.79 Å². The number of hydrogen-bond donors (Lipinski definition) is 0. The third-order valence-electron chi connectivity index (χ3n) is 2.60. The number of furan rings is 1. The summed E-state index contributed by atoms with van der Waals surface area (Å²) in [5, 5.41) is 0. The largest absolute Gasteiger partial charge is 0.466 e. The molecular formula is C15H13FO2. The first-order chi connectivity index (χ1) is 8.56. The molecule has 2 rings (SSSR count). The second kappa shape index (κ2) is 5.00. The molecule has 2 nitrogen and oxygen atoms in total. The van der Waals surface area contributed by atoms with Crippen molar-refractivity contribution >= 4 is 11.9 Å². The van der Waals surface area contributed by atoms with Crippen LogP contribution in [-0.4, -0.2) is 5.78 Å². The van der Waals surface area contributed by atoms with Crippen molar-refractivity contribution in [3.05, 3.63) is 64.9 Å². The Balaban J connectivity index is 2.16. The van der Waals surface area contributed by atoms with E-state index in [-0.39, 0.29) is 11.6 Å². The molecule has 2 aromatic rings. The Morgan fingerprint density at radius 3 is 2.44 bits per heavy atom. The molecule has 1 aromatic carbocycles. The van der Waals surface area contributed by atoms with Crippen molar-refractivity contribution in [1.82, 2.24) is 0 Å². The fourth-order valence-electron chi connectivity index (χ4n) is 1.71. The highest BCUT2D eigenvalue weighted by Gasteiger charge is 2.10. The van der Waals surface area contributed by atoms with Crippen LogP contribution >= 0.6 is 0 Å². The number of rotatable bonds is 3. The van der Waals surface area contributed by atoms with Gasteiger partial charge in [0.1, 0.15) is 17.3 Å². The molecule has 0 atom stereocenters. The quantitative estimate of drug-likeness (QED) is 0.605. The molecule has 0 spiro atoms. The van der Waals surface area contributed by atoms with E-state index in [1.807, 2.05) is 0 Å². The number of aryl methyl sites for hydroxylation is 2. The maximum absolute atomic E-state index is 12.7. The summed E-state index contributed by atoms with van der Waals surface area (Å²) in [7, 11) is 0. The molecule has 1 heterocycles. The van der Waals surface area contributed by atoms with Gasteiger partial charge in [-0.05, 0) is 43.7 Å². The molecule has 0 fully saturated rings. The molecule has 0 bridgehead atoms. The fraction of sp³-hybridized carbons (Fsp3) is 0.133. The Labute approximate surface area is 105 Å². The van der Waals surface area contributed by atoms with Crippen molar-refractivity contribution in [3.63, 3.8) is 0 Å². The molecule has 0 unspecified atom stereocenters. The first kappa shape index (κ1) is 12.3. The van der Waals surface area contributed by atoms with Crippen molar-refractivity contribution in [3.8, 4) is 0 Å². The molecule has 0 aliphatic carbocycles. The predicted octanol–water partition coefficient (Wildman–Crippen LogP) is 3.93. The minimum Gasteiger partial charge on any atom is -0.466 e. The van der Waals surface area contributed by atoms with Crippen LogP contribution in [-0.2, 0) is 0 Å². The lowest BCUT2D eigenvalue weighted by Crippen LogP contribution is -1.93. The Morgan fingerprint density at radius 1 is 1.22 bits per heavy atom. The van der Waals surface area contributed by atoms with Gasteiger partial charge < -0.3 is 4.42 Å². The summed E-state index contributed by atoms with van der Waals surface area (Å²) in [4.78, 5) is 11.9. The molecule has 0 radical (unpaired) electrons. The predicted molar refractivity (Wildman–Crippen MR) is 67.9 cm³/mol. The average molecular weight is 244 g/mol. The van der Waals surface area contributed by atoms with E-state index in [9.17, 15) is 9.18 Å². The van der Waals surface area contributed by atoms with Crippen LogP contribution in [0.4, 0.5) is 4.39 Å². The number of halogens is 1. The monoisotopic (exact) mass is 244 g/mol. The zero-order valence-electron chi connectivity index (χ0n) is 10.2. The van der Waals surface area contributed by atoms with Crippen molar-refractivity contribution in [2.45, 2.75) is 13.8 Å². The van der Waals surface area contributed by atoms with E-state index in [4.69, 9.17) is 4.42 Å². The Morgan fingerprint density at radius 2 is 1.89 bits per heavy atom. The zero-order valence-corrected chi connectivity index (χ0v) is 10.2. The van der Waals surface area contributed by atoms with Crippen LogP contribution in [0.5, 0.6) is 0 Å². The van der Waals surface area contributed by atoms with E-state index in [2.05, 4.69) is 0 Å². The van der Waals surface area contributed by atoms with Crippen LogP contribution < -0.4 is 0 Å². The molecule has 92 valence electrons. The van der Waals surface area contributed by atoms with Crippen LogP contribution in [0.1, 0.15) is 27.4 Å². The van der Waals surface area contributed by atoms with Crippen LogP contribution in [0.25, 0.3) is 6.08 Å². The summed E-state index contributed by atoms with van der Waals surface area (Å²) in [6, 6.07) is 7.67. The van der Waals surface area contributed by atoms with E-state index in [0.717, 1.165) is 5.56 Å². The van der Waals surface area contributed by atoms with Crippen molar-refractivity contribution < 1.29 is 13.6 Å². The van der Waals surface area contributed by atoms with Gasteiger partial charge in [-0.15, -0.1) is 0 Å². The second-order valence-corrected chi connectivity index (χ2v) is 4.08. The molecule has 0 aliphatic heterocycles. The van der Waals surface area contributed by atoms with Crippen LogP contribution in [0, 0.1) is 19.7 Å². The molecule has 0 N–H and O–H groups in total. The highest BCUT2D eigenvalue weighted by atomic mass is 19.1. The molecule has 18 heavy (non-hydrogen) atoms. The molecule has 0 aliphatic rings. The molecule has 0 amide bonds. The first-order valence-corrected chi connectivity index (χ1v) is 5.61. The Kier molecular flexibility index (Phi) is 3.42. The highest BCUT2D eigenvalue weighted by Crippen LogP contribution is 2.15. The highest BCUT2D eigenvalue weighted by molar-refractivity contribution is 6.07. The lowest BCUT2D eigenvalue weighted by atomic mass is 10.1. The minimum absolute atomic E-state index is 0.117. The second-order valence-electron chi connectivity index (χ2n) is 4.08. The summed E-state index contributed by atoms with van der Waals surface area (Å²) < 4.78 is 18.0. The van der Waals surface area contributed by atoms with Gasteiger partial charge in [-0.2, -0.15) is 0 Å². The van der Waals surface area contributed by atoms with Crippen LogP contribution in [0.3, 0.4) is 0 Å². The van der Waals surface area contributed by atoms with Crippen LogP contribution in [0.2, 0.25) is 0 Å². The molecule has 3 heteroatoms. The van der Waals surface area contributed by atoms with Crippen LogP contribution in [0.15, 0.2) is 40.8 Å². The van der Waals surface area contributed by atoms with Crippen molar-refractivity contribution in [2.24, 2.45) is 0 Å². The van der Waals surface area contributed by atoms with Gasteiger partial charge in [0.05, 0.1) is 5.56 Å². The smallest absolute Gasteiger partial charge is 0.189 e. The van der Waals surface area contributed by atoms with Gasteiger partial charge in [0.25, 0.3) is 0 Å². The minimum atomic E-state index is -0.292. The molecule has 1 aromatic heterocycles. The number of allylic oxidation sites excluding steroid dienone is 1. The summed E-state index contributed by atoms with van der Waals surface area (Å²) in [6.07, 6.45) is 3.12. The van der Waals surface area contributed by atoms with Gasteiger partial charge in [0.2, 0.25) is 0 Å². The van der Waals surface area contributed by atoms with E-state index in [0.29, 0.717) is 17.1 Å². The number of ketones is 1. The Bertz CT molecular complexity index is 591. The van der Waals surface area contributed by atoms with Crippen molar-refractivity contribution in [2.75, 3.05) is 0 Å². The summed E-state index contributed by atoms with van der Waals surface area (Å²) in [5.41, 5.74) is 1.34. The fourth-order valence-corrected chi connectivity index (χ4v) is 1.71. The third-order valence-corrected chi connectivity index (χ3v) is 2.60. The van der Waals surface area contributed by atoms with Gasteiger partial charge in [-0.1, -0.05) is 18.2 Å². The molecular weight excluding hydrogens is 231 g/mol. The summed E-state index contributed by atoms with van der Waals surface area (Å²) in [6.45, 7) is 3.55. The first-order valence-electron chi connectivity index (χ1n) is 5.61. The van der Waals surface area contributed by atoms with E-state index in [1.165, 1.54) is 18.2 Å². The van der Waals surface area contributed by atoms with Crippen molar-refractivity contribution in [1.29, 1.82) is 0 Å². The molecule has 0 saturated heterocycles. The molecule has 0 saturated carbocycles. The lowest BCUT2D eigenvalue weighted by molar-refractivity contribution is 0.104. The number of carbonyl (C=O) groups is 1. The SMILES string of the molecule is Cc1cc(C(=O)/C=C/c2ccc(F)cc2)c(C)o1. The van der Waals surface area contributed by atoms with E-state index >= 15 is 0 Å². The Hall–Kier alpha value is -2.16. The third kappa shape index (κ3) is 2.74. The van der Waals surface area contributed by atoms with Gasteiger partial charge >= 0.3 is 0 Å². The maximum Gasteiger partial charge on any atom is 0.189 e. The van der Waals surface area contributed by atoms with E-state index < -0.39 is 0 Å². The average Bonchev–Trinajstić information content (AvgIpc) is 2.67. The summed E-state index contributed by atoms with van der Waals surface area (Å²) >= 11 is 0. The van der Waals surface area contributed by atoms with Gasteiger partial charge in [-0.25, -0.2) is 4.39 Å². The normalized spacial score (nSPS) is 11.1. The topological polar surface area (TPSA) is 30.2 Å². The number of hydrogen-bond acceptors (Lipinski definition) is 2. The standard InChI is InChI=1S/C15H13FO2/c1-10-9-14(11(2)18-10)15(17)8-5-12-3-6-13(16)7-4-12/h3-9H,1-2H3/b8-5+. The lowest BCUT2D eigenvalue weighted by Gasteiger charge is -1.93. The van der Waals surface area contributed by atoms with Gasteiger partial charge in [0, 0.05) is 0 Å². The summed E-state index contributed by atoms with van der Waals surface area (Å²) in [5.74, 6) is 0.917. The van der Waals surface area contributed by atoms with E-state index in [1.54, 1.807) is 38.1 Å². The van der Waals surface area contributed by atoms with Gasteiger partial charge in [0.15, 0.2) is 5.78 Å².